The number of piperidine rings is 1. The summed E-state index contributed by atoms with van der Waals surface area (Å²) < 4.78 is 0. The van der Waals surface area contributed by atoms with Gasteiger partial charge < -0.3 is 10.6 Å². The first-order valence-corrected chi connectivity index (χ1v) is 6.28. The summed E-state index contributed by atoms with van der Waals surface area (Å²) in [6, 6.07) is 8.67. The van der Waals surface area contributed by atoms with E-state index in [1.54, 1.807) is 0 Å². The van der Waals surface area contributed by atoms with Gasteiger partial charge in [-0.1, -0.05) is 25.1 Å². The van der Waals surface area contributed by atoms with Gasteiger partial charge in [0.05, 0.1) is 0 Å². The first kappa shape index (κ1) is 11.5. The molecule has 0 radical (unpaired) electrons. The highest BCUT2D eigenvalue weighted by Gasteiger charge is 2.19. The minimum absolute atomic E-state index is 0.119. The van der Waals surface area contributed by atoms with Gasteiger partial charge in [-0.3, -0.25) is 0 Å². The molecule has 1 unspecified atom stereocenters. The Balaban J connectivity index is 2.25. The van der Waals surface area contributed by atoms with Crippen LogP contribution >= 0.6 is 0 Å². The van der Waals surface area contributed by atoms with Gasteiger partial charge in [0.2, 0.25) is 0 Å². The minimum atomic E-state index is 0.119. The first-order chi connectivity index (χ1) is 7.68. The van der Waals surface area contributed by atoms with Crippen molar-refractivity contribution in [3.8, 4) is 0 Å². The summed E-state index contributed by atoms with van der Waals surface area (Å²) in [5, 5.41) is 0. The Bertz CT molecular complexity index is 346. The van der Waals surface area contributed by atoms with Gasteiger partial charge in [0.15, 0.2) is 0 Å². The van der Waals surface area contributed by atoms with E-state index in [4.69, 9.17) is 5.73 Å². The van der Waals surface area contributed by atoms with Crippen LogP contribution in [0.25, 0.3) is 0 Å². The third-order valence-corrected chi connectivity index (χ3v) is 3.43. The number of anilines is 1. The second kappa shape index (κ2) is 4.88. The van der Waals surface area contributed by atoms with Gasteiger partial charge >= 0.3 is 0 Å². The van der Waals surface area contributed by atoms with Crippen LogP contribution in [0.1, 0.15) is 38.3 Å². The molecule has 1 aromatic rings. The highest BCUT2D eigenvalue weighted by molar-refractivity contribution is 5.55. The fraction of sp³-hybridized carbons (Fsp3) is 0.571. The molecule has 0 amide bonds. The highest BCUT2D eigenvalue weighted by Crippen LogP contribution is 2.28. The SMILES string of the molecule is CC1CCCN(c2ccccc2[C@H](C)N)C1. The average Bonchev–Trinajstić information content (AvgIpc) is 2.29. The van der Waals surface area contributed by atoms with Crippen molar-refractivity contribution in [3.63, 3.8) is 0 Å². The van der Waals surface area contributed by atoms with Crippen LogP contribution in [0.15, 0.2) is 24.3 Å². The third-order valence-electron chi connectivity index (χ3n) is 3.43. The highest BCUT2D eigenvalue weighted by atomic mass is 15.1. The van der Waals surface area contributed by atoms with E-state index in [2.05, 4.69) is 43.0 Å². The second-order valence-electron chi connectivity index (χ2n) is 5.04. The van der Waals surface area contributed by atoms with E-state index >= 15 is 0 Å². The van der Waals surface area contributed by atoms with Crippen LogP contribution in [0.5, 0.6) is 0 Å². The lowest BCUT2D eigenvalue weighted by Gasteiger charge is -2.34. The molecule has 2 heteroatoms. The molecule has 0 saturated carbocycles. The maximum atomic E-state index is 6.03. The van der Waals surface area contributed by atoms with Crippen molar-refractivity contribution in [2.45, 2.75) is 32.7 Å². The van der Waals surface area contributed by atoms with Gasteiger partial charge in [0.1, 0.15) is 0 Å². The van der Waals surface area contributed by atoms with E-state index in [1.165, 1.54) is 37.2 Å². The molecule has 1 saturated heterocycles. The van der Waals surface area contributed by atoms with Crippen LogP contribution in [-0.4, -0.2) is 13.1 Å². The van der Waals surface area contributed by atoms with E-state index in [9.17, 15) is 0 Å². The van der Waals surface area contributed by atoms with Crippen LogP contribution in [-0.2, 0) is 0 Å². The standard InChI is InChI=1S/C14H22N2/c1-11-6-5-9-16(10-11)14-8-4-3-7-13(14)12(2)15/h3-4,7-8,11-12H,5-6,9-10,15H2,1-2H3/t11?,12-/m0/s1. The molecular weight excluding hydrogens is 196 g/mol. The quantitative estimate of drug-likeness (QED) is 0.827. The lowest BCUT2D eigenvalue weighted by molar-refractivity contribution is 0.446. The summed E-state index contributed by atoms with van der Waals surface area (Å²) in [7, 11) is 0. The van der Waals surface area contributed by atoms with Crippen molar-refractivity contribution in [3.05, 3.63) is 29.8 Å². The van der Waals surface area contributed by atoms with E-state index in [1.807, 2.05) is 0 Å². The topological polar surface area (TPSA) is 29.3 Å². The summed E-state index contributed by atoms with van der Waals surface area (Å²) in [4.78, 5) is 2.49. The van der Waals surface area contributed by atoms with Crippen molar-refractivity contribution in [2.75, 3.05) is 18.0 Å². The van der Waals surface area contributed by atoms with Gasteiger partial charge in [-0.25, -0.2) is 0 Å². The molecule has 1 aromatic carbocycles. The maximum absolute atomic E-state index is 6.03. The Kier molecular flexibility index (Phi) is 3.49. The predicted octanol–water partition coefficient (Wildman–Crippen LogP) is 2.94. The molecule has 1 aliphatic heterocycles. The predicted molar refractivity (Wildman–Crippen MR) is 69.7 cm³/mol. The molecule has 0 aliphatic carbocycles. The fourth-order valence-electron chi connectivity index (χ4n) is 2.57. The molecule has 2 rings (SSSR count). The summed E-state index contributed by atoms with van der Waals surface area (Å²) in [6.07, 6.45) is 2.66. The van der Waals surface area contributed by atoms with Gasteiger partial charge in [0, 0.05) is 24.8 Å². The van der Waals surface area contributed by atoms with E-state index in [-0.39, 0.29) is 6.04 Å². The molecule has 1 aliphatic rings. The molecule has 88 valence electrons. The third kappa shape index (κ3) is 2.38. The van der Waals surface area contributed by atoms with Gasteiger partial charge in [-0.2, -0.15) is 0 Å². The molecular formula is C14H22N2. The Morgan fingerprint density at radius 2 is 2.12 bits per heavy atom. The Morgan fingerprint density at radius 1 is 1.38 bits per heavy atom. The molecule has 16 heavy (non-hydrogen) atoms. The van der Waals surface area contributed by atoms with E-state index < -0.39 is 0 Å². The Labute approximate surface area is 98.4 Å². The maximum Gasteiger partial charge on any atom is 0.0414 e. The van der Waals surface area contributed by atoms with Gasteiger partial charge in [0.25, 0.3) is 0 Å². The van der Waals surface area contributed by atoms with Crippen LogP contribution in [0.2, 0.25) is 0 Å². The summed E-state index contributed by atoms with van der Waals surface area (Å²) in [5.74, 6) is 0.801. The number of benzene rings is 1. The smallest absolute Gasteiger partial charge is 0.0414 e. The number of hydrogen-bond acceptors (Lipinski definition) is 2. The zero-order chi connectivity index (χ0) is 11.5. The van der Waals surface area contributed by atoms with Crippen molar-refractivity contribution < 1.29 is 0 Å². The molecule has 1 heterocycles. The number of rotatable bonds is 2. The fourth-order valence-corrected chi connectivity index (χ4v) is 2.57. The average molecular weight is 218 g/mol. The van der Waals surface area contributed by atoms with Gasteiger partial charge in [-0.05, 0) is 37.3 Å². The normalized spacial score (nSPS) is 23.2. The summed E-state index contributed by atoms with van der Waals surface area (Å²) in [6.45, 7) is 6.74. The van der Waals surface area contributed by atoms with E-state index in [0.29, 0.717) is 0 Å². The van der Waals surface area contributed by atoms with Crippen LogP contribution in [0.3, 0.4) is 0 Å². The summed E-state index contributed by atoms with van der Waals surface area (Å²) in [5.41, 5.74) is 8.64. The number of hydrogen-bond donors (Lipinski definition) is 1. The van der Waals surface area contributed by atoms with Crippen LogP contribution in [0.4, 0.5) is 5.69 Å². The number of nitrogens with zero attached hydrogens (tertiary/aromatic N) is 1. The molecule has 0 bridgehead atoms. The Hall–Kier alpha value is -1.02. The molecule has 0 aromatic heterocycles. The van der Waals surface area contributed by atoms with E-state index in [0.717, 1.165) is 5.92 Å². The van der Waals surface area contributed by atoms with Crippen molar-refractivity contribution in [2.24, 2.45) is 11.7 Å². The minimum Gasteiger partial charge on any atom is -0.371 e. The lowest BCUT2D eigenvalue weighted by atomic mass is 9.97. The molecule has 2 nitrogen and oxygen atoms in total. The number of para-hydroxylation sites is 1. The molecule has 0 spiro atoms. The molecule has 2 atom stereocenters. The lowest BCUT2D eigenvalue weighted by Crippen LogP contribution is -2.35. The first-order valence-electron chi connectivity index (χ1n) is 6.28. The van der Waals surface area contributed by atoms with Crippen molar-refractivity contribution in [1.82, 2.24) is 0 Å². The molecule has 2 N–H and O–H groups in total. The monoisotopic (exact) mass is 218 g/mol. The van der Waals surface area contributed by atoms with Crippen molar-refractivity contribution in [1.29, 1.82) is 0 Å². The largest absolute Gasteiger partial charge is 0.371 e. The second-order valence-corrected chi connectivity index (χ2v) is 5.04. The Morgan fingerprint density at radius 3 is 2.81 bits per heavy atom. The van der Waals surface area contributed by atoms with Gasteiger partial charge in [-0.15, -0.1) is 0 Å². The zero-order valence-corrected chi connectivity index (χ0v) is 10.3. The van der Waals surface area contributed by atoms with Crippen molar-refractivity contribution >= 4 is 5.69 Å². The molecule has 1 fully saturated rings. The number of nitrogens with two attached hydrogens (primary N) is 1. The van der Waals surface area contributed by atoms with Crippen LogP contribution in [0, 0.1) is 5.92 Å². The zero-order valence-electron chi connectivity index (χ0n) is 10.3. The van der Waals surface area contributed by atoms with Crippen LogP contribution < -0.4 is 10.6 Å². The summed E-state index contributed by atoms with van der Waals surface area (Å²) >= 11 is 0.